The summed E-state index contributed by atoms with van der Waals surface area (Å²) in [5.74, 6) is 0.139. The lowest BCUT2D eigenvalue weighted by Crippen LogP contribution is -2.11. The van der Waals surface area contributed by atoms with Crippen molar-refractivity contribution in [3.63, 3.8) is 0 Å². The van der Waals surface area contributed by atoms with E-state index < -0.39 is 0 Å². The summed E-state index contributed by atoms with van der Waals surface area (Å²) in [4.78, 5) is 14.8. The van der Waals surface area contributed by atoms with E-state index in [1.165, 1.54) is 4.88 Å². The highest BCUT2D eigenvalue weighted by atomic mass is 32.1. The third-order valence-electron chi connectivity index (χ3n) is 3.45. The van der Waals surface area contributed by atoms with Gasteiger partial charge in [0.2, 0.25) is 0 Å². The molecule has 0 unspecified atom stereocenters. The van der Waals surface area contributed by atoms with Crippen LogP contribution in [0.5, 0.6) is 0 Å². The predicted molar refractivity (Wildman–Crippen MR) is 85.5 cm³/mol. The monoisotopic (exact) mass is 294 g/mol. The first-order chi connectivity index (χ1) is 9.84. The highest BCUT2D eigenvalue weighted by Gasteiger charge is 2.27. The molecule has 0 spiro atoms. The molecule has 96 valence electrons. The second kappa shape index (κ2) is 4.54. The molecule has 4 rings (SSSR count). The van der Waals surface area contributed by atoms with Crippen LogP contribution < -0.4 is 0 Å². The molecule has 0 radical (unpaired) electrons. The molecule has 3 aromatic rings. The fourth-order valence-electron chi connectivity index (χ4n) is 2.54. The van der Waals surface area contributed by atoms with Crippen molar-refractivity contribution >= 4 is 40.1 Å². The summed E-state index contributed by atoms with van der Waals surface area (Å²) in [7, 11) is 0. The molecule has 3 heteroatoms. The van der Waals surface area contributed by atoms with Gasteiger partial charge in [0, 0.05) is 26.5 Å². The number of benzene rings is 1. The van der Waals surface area contributed by atoms with Crippen LogP contribution >= 0.6 is 22.7 Å². The zero-order valence-corrected chi connectivity index (χ0v) is 12.1. The lowest BCUT2D eigenvalue weighted by atomic mass is 9.86. The van der Waals surface area contributed by atoms with Gasteiger partial charge in [0.25, 0.3) is 0 Å². The van der Waals surface area contributed by atoms with Crippen molar-refractivity contribution in [1.29, 1.82) is 0 Å². The van der Waals surface area contributed by atoms with Gasteiger partial charge in [-0.05, 0) is 34.5 Å². The summed E-state index contributed by atoms with van der Waals surface area (Å²) >= 11 is 3.35. The maximum atomic E-state index is 12.5. The summed E-state index contributed by atoms with van der Waals surface area (Å²) in [5, 5.41) is 4.07. The van der Waals surface area contributed by atoms with Crippen LogP contribution in [0.4, 0.5) is 0 Å². The molecule has 2 aromatic heterocycles. The van der Waals surface area contributed by atoms with Crippen molar-refractivity contribution in [3.05, 3.63) is 79.7 Å². The normalized spacial score (nSPS) is 15.2. The maximum absolute atomic E-state index is 12.5. The van der Waals surface area contributed by atoms with Crippen molar-refractivity contribution in [3.8, 4) is 0 Å². The van der Waals surface area contributed by atoms with Gasteiger partial charge in [0.1, 0.15) is 0 Å². The van der Waals surface area contributed by atoms with E-state index in [9.17, 15) is 4.79 Å². The largest absolute Gasteiger partial charge is 0.289 e. The minimum atomic E-state index is 0.139. The van der Waals surface area contributed by atoms with Crippen molar-refractivity contribution in [2.45, 2.75) is 0 Å². The average Bonchev–Trinajstić information content (AvgIpc) is 3.14. The van der Waals surface area contributed by atoms with E-state index in [1.54, 1.807) is 22.7 Å². The molecule has 0 N–H and O–H groups in total. The predicted octanol–water partition coefficient (Wildman–Crippen LogP) is 4.94. The number of ketones is 1. The van der Waals surface area contributed by atoms with Crippen LogP contribution in [0.3, 0.4) is 0 Å². The van der Waals surface area contributed by atoms with E-state index in [0.29, 0.717) is 0 Å². The minimum Gasteiger partial charge on any atom is -0.289 e. The number of fused-ring (bicyclic) bond motifs is 2. The number of hydrogen-bond acceptors (Lipinski definition) is 3. The summed E-state index contributed by atoms with van der Waals surface area (Å²) in [6, 6.07) is 14.0. The molecule has 0 saturated heterocycles. The highest BCUT2D eigenvalue weighted by Crippen LogP contribution is 2.40. The van der Waals surface area contributed by atoms with Crippen molar-refractivity contribution in [2.24, 2.45) is 0 Å². The van der Waals surface area contributed by atoms with Crippen LogP contribution in [0.15, 0.2) is 53.2 Å². The molecule has 1 aliphatic rings. The molecule has 0 atom stereocenters. The molecular formula is C17H10OS2. The van der Waals surface area contributed by atoms with Crippen LogP contribution in [-0.2, 0) is 0 Å². The van der Waals surface area contributed by atoms with E-state index >= 15 is 0 Å². The van der Waals surface area contributed by atoms with Crippen LogP contribution in [0.1, 0.15) is 31.2 Å². The Morgan fingerprint density at radius 3 is 2.45 bits per heavy atom. The van der Waals surface area contributed by atoms with Gasteiger partial charge >= 0.3 is 0 Å². The summed E-state index contributed by atoms with van der Waals surface area (Å²) in [6.07, 6.45) is 2.19. The van der Waals surface area contributed by atoms with E-state index in [4.69, 9.17) is 0 Å². The molecule has 0 fully saturated rings. The first kappa shape index (κ1) is 11.8. The Balaban J connectivity index is 2.02. The lowest BCUT2D eigenvalue weighted by Gasteiger charge is -2.18. The Morgan fingerprint density at radius 1 is 0.800 bits per heavy atom. The molecule has 2 heterocycles. The molecule has 20 heavy (non-hydrogen) atoms. The number of hydrogen-bond donors (Lipinski definition) is 0. The smallest absolute Gasteiger partial charge is 0.195 e. The topological polar surface area (TPSA) is 17.1 Å². The van der Waals surface area contributed by atoms with Gasteiger partial charge in [-0.25, -0.2) is 0 Å². The van der Waals surface area contributed by atoms with E-state index in [1.807, 2.05) is 41.8 Å². The van der Waals surface area contributed by atoms with Gasteiger partial charge in [-0.15, -0.1) is 22.7 Å². The molecule has 0 saturated carbocycles. The number of thiophene rings is 2. The molecule has 0 amide bonds. The van der Waals surface area contributed by atoms with Crippen molar-refractivity contribution in [2.75, 3.05) is 0 Å². The SMILES string of the molecule is O=C1c2ccccc2/C(=C/c2cccs2)c2sccc21. The third-order valence-corrected chi connectivity index (χ3v) is 5.21. The quantitative estimate of drug-likeness (QED) is 0.486. The van der Waals surface area contributed by atoms with Crippen molar-refractivity contribution in [1.82, 2.24) is 0 Å². The standard InChI is InChI=1S/C17H10OS2/c18-16-13-6-2-1-5-12(13)15(10-11-4-3-8-19-11)17-14(16)7-9-20-17/h1-10H/b15-10-. The first-order valence-corrected chi connectivity index (χ1v) is 8.08. The summed E-state index contributed by atoms with van der Waals surface area (Å²) < 4.78 is 0. The highest BCUT2D eigenvalue weighted by molar-refractivity contribution is 7.12. The minimum absolute atomic E-state index is 0.139. The Labute approximate surface area is 124 Å². The zero-order chi connectivity index (χ0) is 13.5. The molecule has 0 aliphatic heterocycles. The van der Waals surface area contributed by atoms with E-state index in [0.717, 1.165) is 27.1 Å². The fourth-order valence-corrected chi connectivity index (χ4v) is 4.12. The Morgan fingerprint density at radius 2 is 1.65 bits per heavy atom. The molecule has 0 bridgehead atoms. The average molecular weight is 294 g/mol. The van der Waals surface area contributed by atoms with Crippen LogP contribution in [0, 0.1) is 0 Å². The van der Waals surface area contributed by atoms with Crippen molar-refractivity contribution < 1.29 is 4.79 Å². The summed E-state index contributed by atoms with van der Waals surface area (Å²) in [5.41, 5.74) is 3.84. The van der Waals surface area contributed by atoms with Gasteiger partial charge in [-0.3, -0.25) is 4.79 Å². The first-order valence-electron chi connectivity index (χ1n) is 6.32. The third kappa shape index (κ3) is 1.71. The second-order valence-corrected chi connectivity index (χ2v) is 6.51. The Kier molecular flexibility index (Phi) is 2.69. The second-order valence-electron chi connectivity index (χ2n) is 4.61. The summed E-state index contributed by atoms with van der Waals surface area (Å²) in [6.45, 7) is 0. The Bertz CT molecular complexity index is 822. The number of rotatable bonds is 1. The zero-order valence-electron chi connectivity index (χ0n) is 10.5. The Hall–Kier alpha value is -1.97. The van der Waals surface area contributed by atoms with E-state index in [2.05, 4.69) is 17.5 Å². The van der Waals surface area contributed by atoms with Gasteiger partial charge < -0.3 is 0 Å². The van der Waals surface area contributed by atoms with Gasteiger partial charge in [-0.2, -0.15) is 0 Å². The van der Waals surface area contributed by atoms with Crippen LogP contribution in [0.25, 0.3) is 11.6 Å². The molecule has 1 nitrogen and oxygen atoms in total. The number of carbonyl (C=O) groups is 1. The van der Waals surface area contributed by atoms with Crippen LogP contribution in [0.2, 0.25) is 0 Å². The van der Waals surface area contributed by atoms with Crippen LogP contribution in [-0.4, -0.2) is 5.78 Å². The van der Waals surface area contributed by atoms with E-state index in [-0.39, 0.29) is 5.78 Å². The molecular weight excluding hydrogens is 284 g/mol. The maximum Gasteiger partial charge on any atom is 0.195 e. The lowest BCUT2D eigenvalue weighted by molar-refractivity contribution is 0.103. The van der Waals surface area contributed by atoms with Gasteiger partial charge in [0.05, 0.1) is 0 Å². The molecule has 1 aliphatic carbocycles. The van der Waals surface area contributed by atoms with Gasteiger partial charge in [0.15, 0.2) is 5.78 Å². The number of carbonyl (C=O) groups excluding carboxylic acids is 1. The van der Waals surface area contributed by atoms with Gasteiger partial charge in [-0.1, -0.05) is 30.3 Å². The molecule has 1 aromatic carbocycles. The fraction of sp³-hybridized carbons (Fsp3) is 0.